The van der Waals surface area contributed by atoms with Gasteiger partial charge in [0, 0.05) is 24.7 Å². The van der Waals surface area contributed by atoms with Crippen molar-refractivity contribution in [3.8, 4) is 11.5 Å². The number of carboxylic acid groups (broad SMARTS) is 1. The van der Waals surface area contributed by atoms with Crippen LogP contribution in [0.25, 0.3) is 0 Å². The summed E-state index contributed by atoms with van der Waals surface area (Å²) in [6, 6.07) is 12.5. The van der Waals surface area contributed by atoms with Gasteiger partial charge in [0.2, 0.25) is 10.0 Å². The van der Waals surface area contributed by atoms with Crippen LogP contribution in [0.1, 0.15) is 26.3 Å². The van der Waals surface area contributed by atoms with Gasteiger partial charge in [-0.3, -0.25) is 4.90 Å². The Morgan fingerprint density at radius 3 is 2.29 bits per heavy atom. The molecule has 0 unspecified atom stereocenters. The zero-order valence-electron chi connectivity index (χ0n) is 22.4. The van der Waals surface area contributed by atoms with E-state index in [1.807, 2.05) is 30.3 Å². The molecule has 0 aromatic heterocycles. The molecule has 0 saturated carbocycles. The van der Waals surface area contributed by atoms with Gasteiger partial charge in [0.1, 0.15) is 23.0 Å². The van der Waals surface area contributed by atoms with Crippen molar-refractivity contribution in [2.75, 3.05) is 26.8 Å². The van der Waals surface area contributed by atoms with Gasteiger partial charge >= 0.3 is 6.09 Å². The molecular weight excluding hydrogens is 508 g/mol. The second-order valence-electron chi connectivity index (χ2n) is 9.67. The minimum atomic E-state index is -4.21. The molecular formula is C28H38N2O7S. The molecule has 0 spiro atoms. The predicted octanol–water partition coefficient (Wildman–Crippen LogP) is 4.19. The average Bonchev–Trinajstić information content (AvgIpc) is 2.86. The molecule has 0 aliphatic carbocycles. The Kier molecular flexibility index (Phi) is 10.9. The Morgan fingerprint density at radius 1 is 1.11 bits per heavy atom. The van der Waals surface area contributed by atoms with E-state index in [9.17, 15) is 23.4 Å². The maximum Gasteiger partial charge on any atom is 0.408 e. The summed E-state index contributed by atoms with van der Waals surface area (Å²) in [4.78, 5) is 13.4. The molecule has 2 atom stereocenters. The van der Waals surface area contributed by atoms with Gasteiger partial charge in [-0.2, -0.15) is 4.31 Å². The fourth-order valence-electron chi connectivity index (χ4n) is 4.16. The number of aliphatic hydroxyl groups is 1. The highest BCUT2D eigenvalue weighted by Crippen LogP contribution is 2.32. The zero-order valence-corrected chi connectivity index (χ0v) is 23.2. The second kappa shape index (κ2) is 13.5. The maximum atomic E-state index is 13.8. The highest BCUT2D eigenvalue weighted by Gasteiger charge is 2.39. The van der Waals surface area contributed by atoms with Crippen molar-refractivity contribution in [1.29, 1.82) is 0 Å². The Balaban J connectivity index is 2.52. The molecule has 1 amide bonds. The third kappa shape index (κ3) is 7.83. The number of methoxy groups -OCH3 is 1. The van der Waals surface area contributed by atoms with Gasteiger partial charge in [0.15, 0.2) is 0 Å². The maximum absolute atomic E-state index is 13.8. The summed E-state index contributed by atoms with van der Waals surface area (Å²) >= 11 is 0. The number of hydrogen-bond donors (Lipinski definition) is 2. The molecule has 9 nitrogen and oxygen atoms in total. The monoisotopic (exact) mass is 546 g/mol. The van der Waals surface area contributed by atoms with Crippen LogP contribution in [0.3, 0.4) is 0 Å². The third-order valence-corrected chi connectivity index (χ3v) is 7.71. The van der Waals surface area contributed by atoms with Gasteiger partial charge in [-0.05, 0) is 44.9 Å². The quantitative estimate of drug-likeness (QED) is 0.341. The van der Waals surface area contributed by atoms with Crippen LogP contribution in [0.5, 0.6) is 11.5 Å². The summed E-state index contributed by atoms with van der Waals surface area (Å²) in [5.41, 5.74) is -0.0590. The van der Waals surface area contributed by atoms with Crippen LogP contribution in [0, 0.1) is 0 Å². The van der Waals surface area contributed by atoms with Crippen LogP contribution in [0.2, 0.25) is 0 Å². The minimum Gasteiger partial charge on any atom is -0.497 e. The average molecular weight is 547 g/mol. The smallest absolute Gasteiger partial charge is 0.408 e. The molecule has 0 fully saturated rings. The van der Waals surface area contributed by atoms with E-state index in [1.54, 1.807) is 20.8 Å². The van der Waals surface area contributed by atoms with Crippen LogP contribution >= 0.6 is 0 Å². The molecule has 0 heterocycles. The van der Waals surface area contributed by atoms with Crippen molar-refractivity contribution in [1.82, 2.24) is 9.21 Å². The number of carbonyl (C=O) groups is 1. The lowest BCUT2D eigenvalue weighted by Gasteiger charge is -2.42. The first-order chi connectivity index (χ1) is 17.9. The Labute approximate surface area is 225 Å². The standard InChI is InChI=1S/C28H38N2O7S/c1-7-16-29(38(34,35)26-15-14-22(36-6)19-25(26)37-17-8-2)20-24(31)23(18-21-12-10-9-11-13-21)30(27(32)33)28(3,4)5/h7-15,19,23-24,31H,1-2,16-18,20H2,3-6H3,(H,32,33)/t23-,24-/m0/s1. The molecule has 2 aromatic carbocycles. The van der Waals surface area contributed by atoms with E-state index in [4.69, 9.17) is 9.47 Å². The van der Waals surface area contributed by atoms with Crippen LogP contribution in [0.15, 0.2) is 78.7 Å². The van der Waals surface area contributed by atoms with Crippen molar-refractivity contribution in [3.05, 3.63) is 79.4 Å². The molecule has 2 aromatic rings. The lowest BCUT2D eigenvalue weighted by Crippen LogP contribution is -2.58. The number of sulfonamides is 1. The first kappa shape index (κ1) is 30.9. The largest absolute Gasteiger partial charge is 0.497 e. The fourth-order valence-corrected chi connectivity index (χ4v) is 5.70. The molecule has 2 N–H and O–H groups in total. The number of rotatable bonds is 14. The molecule has 2 rings (SSSR count). The first-order valence-electron chi connectivity index (χ1n) is 12.1. The lowest BCUT2D eigenvalue weighted by atomic mass is 9.94. The summed E-state index contributed by atoms with van der Waals surface area (Å²) in [6.45, 7) is 12.0. The van der Waals surface area contributed by atoms with E-state index in [0.717, 1.165) is 9.87 Å². The Morgan fingerprint density at radius 2 is 1.76 bits per heavy atom. The van der Waals surface area contributed by atoms with Gasteiger partial charge < -0.3 is 19.7 Å². The van der Waals surface area contributed by atoms with Crippen LogP contribution in [-0.2, 0) is 16.4 Å². The lowest BCUT2D eigenvalue weighted by molar-refractivity contribution is 0.00183. The second-order valence-corrected chi connectivity index (χ2v) is 11.6. The van der Waals surface area contributed by atoms with Crippen LogP contribution in [0.4, 0.5) is 4.79 Å². The zero-order chi connectivity index (χ0) is 28.5. The van der Waals surface area contributed by atoms with Crippen LogP contribution in [-0.4, -0.2) is 78.4 Å². The molecule has 208 valence electrons. The van der Waals surface area contributed by atoms with Crippen molar-refractivity contribution >= 4 is 16.1 Å². The van der Waals surface area contributed by atoms with E-state index in [0.29, 0.717) is 5.75 Å². The minimum absolute atomic E-state index is 0.0653. The summed E-state index contributed by atoms with van der Waals surface area (Å²) in [5, 5.41) is 21.5. The van der Waals surface area contributed by atoms with Crippen molar-refractivity contribution in [2.24, 2.45) is 0 Å². The van der Waals surface area contributed by atoms with E-state index >= 15 is 0 Å². The summed E-state index contributed by atoms with van der Waals surface area (Å²) < 4.78 is 39.5. The van der Waals surface area contributed by atoms with E-state index in [-0.39, 0.29) is 36.8 Å². The Hall–Kier alpha value is -3.34. The highest BCUT2D eigenvalue weighted by molar-refractivity contribution is 7.89. The third-order valence-electron chi connectivity index (χ3n) is 5.84. The summed E-state index contributed by atoms with van der Waals surface area (Å²) in [6.07, 6.45) is 0.497. The van der Waals surface area contributed by atoms with Gasteiger partial charge in [0.05, 0.1) is 19.3 Å². The molecule has 0 bridgehead atoms. The topological polar surface area (TPSA) is 117 Å². The van der Waals surface area contributed by atoms with E-state index < -0.39 is 33.8 Å². The summed E-state index contributed by atoms with van der Waals surface area (Å²) in [5.74, 6) is 0.471. The molecule has 38 heavy (non-hydrogen) atoms. The number of benzene rings is 2. The van der Waals surface area contributed by atoms with Crippen molar-refractivity contribution < 1.29 is 32.9 Å². The molecule has 0 aliphatic rings. The van der Waals surface area contributed by atoms with Gasteiger partial charge in [-0.1, -0.05) is 49.1 Å². The number of ether oxygens (including phenoxy) is 2. The number of nitrogens with zero attached hydrogens (tertiary/aromatic N) is 2. The number of hydrogen-bond acceptors (Lipinski definition) is 6. The Bertz CT molecular complexity index is 1190. The molecule has 0 saturated heterocycles. The molecule has 0 aliphatic heterocycles. The number of aliphatic hydroxyl groups excluding tert-OH is 1. The predicted molar refractivity (Wildman–Crippen MR) is 147 cm³/mol. The normalized spacial score (nSPS) is 13.4. The SMILES string of the molecule is C=CCOc1cc(OC)ccc1S(=O)(=O)N(CC=C)C[C@H](O)[C@H](Cc1ccccc1)N(C(=O)O)C(C)(C)C. The van der Waals surface area contributed by atoms with E-state index in [2.05, 4.69) is 13.2 Å². The fraction of sp³-hybridized carbons (Fsp3) is 0.393. The van der Waals surface area contributed by atoms with Crippen molar-refractivity contribution in [2.45, 2.75) is 49.8 Å². The summed E-state index contributed by atoms with van der Waals surface area (Å²) in [7, 11) is -2.76. The van der Waals surface area contributed by atoms with Crippen LogP contribution < -0.4 is 9.47 Å². The van der Waals surface area contributed by atoms with Gasteiger partial charge in [0.25, 0.3) is 0 Å². The van der Waals surface area contributed by atoms with E-state index in [1.165, 1.54) is 42.4 Å². The highest BCUT2D eigenvalue weighted by atomic mass is 32.2. The number of amides is 1. The van der Waals surface area contributed by atoms with Crippen molar-refractivity contribution in [3.63, 3.8) is 0 Å². The molecule has 0 radical (unpaired) electrons. The van der Waals surface area contributed by atoms with Gasteiger partial charge in [-0.25, -0.2) is 13.2 Å². The first-order valence-corrected chi connectivity index (χ1v) is 13.6. The van der Waals surface area contributed by atoms with Gasteiger partial charge in [-0.15, -0.1) is 6.58 Å². The molecule has 10 heteroatoms.